The first-order valence-corrected chi connectivity index (χ1v) is 7.90. The van der Waals surface area contributed by atoms with Crippen molar-refractivity contribution in [3.05, 3.63) is 5.32 Å². The molecular formula is C11H21F6NO4P-. The van der Waals surface area contributed by atoms with Crippen molar-refractivity contribution in [3.63, 3.8) is 0 Å². The summed E-state index contributed by atoms with van der Waals surface area (Å²) in [5, 5.41) is 3.79. The Morgan fingerprint density at radius 3 is 1.26 bits per heavy atom. The topological polar surface area (TPSA) is 91.9 Å². The Hall–Kier alpha value is -0.350. The largest absolute Gasteiger partial charge is 0.651 e. The summed E-state index contributed by atoms with van der Waals surface area (Å²) in [5.41, 5.74) is -3.08. The smallest absolute Gasteiger partial charge is 0.466 e. The summed E-state index contributed by atoms with van der Waals surface area (Å²) in [4.78, 5) is 21.6. The minimum absolute atomic E-state index is 0.302. The number of alkyl halides is 6. The highest BCUT2D eigenvalue weighted by Gasteiger charge is 2.43. The fraction of sp³-hybridized carbons (Fsp3) is 1.00. The predicted molar refractivity (Wildman–Crippen MR) is 71.7 cm³/mol. The first kappa shape index (κ1) is 24.9. The molecule has 0 amide bonds. The molecule has 0 fully saturated rings. The Balaban J connectivity index is 0. The summed E-state index contributed by atoms with van der Waals surface area (Å²) in [5.74, 6) is 0. The maximum atomic E-state index is 12.5. The van der Waals surface area contributed by atoms with Crippen molar-refractivity contribution in [3.8, 4) is 0 Å². The summed E-state index contributed by atoms with van der Waals surface area (Å²) >= 11 is 0. The van der Waals surface area contributed by atoms with Gasteiger partial charge in [0, 0.05) is 12.8 Å². The van der Waals surface area contributed by atoms with Crippen molar-refractivity contribution < 1.29 is 45.6 Å². The van der Waals surface area contributed by atoms with E-state index in [9.17, 15) is 26.3 Å². The first-order valence-electron chi connectivity index (χ1n) is 6.34. The van der Waals surface area contributed by atoms with Gasteiger partial charge in [0.05, 0.1) is 0 Å². The summed E-state index contributed by atoms with van der Waals surface area (Å²) < 4.78 is 83.6. The molecule has 0 aromatic heterocycles. The van der Waals surface area contributed by atoms with E-state index in [2.05, 4.69) is 5.32 Å². The van der Waals surface area contributed by atoms with Gasteiger partial charge in [-0.05, 0) is 0 Å². The van der Waals surface area contributed by atoms with Crippen molar-refractivity contribution in [2.45, 2.75) is 70.4 Å². The van der Waals surface area contributed by atoms with Gasteiger partial charge in [-0.1, -0.05) is 34.1 Å². The fourth-order valence-corrected chi connectivity index (χ4v) is 1.93. The second-order valence-electron chi connectivity index (χ2n) is 5.96. The molecule has 5 nitrogen and oxygen atoms in total. The van der Waals surface area contributed by atoms with Gasteiger partial charge in [-0.25, -0.2) is 4.57 Å². The highest BCUT2D eigenvalue weighted by Crippen LogP contribution is 2.45. The Morgan fingerprint density at radius 1 is 0.870 bits per heavy atom. The van der Waals surface area contributed by atoms with Crippen LogP contribution in [0.4, 0.5) is 26.3 Å². The molecule has 0 aliphatic rings. The van der Waals surface area contributed by atoms with Gasteiger partial charge in [-0.3, -0.25) is 0 Å². The van der Waals surface area contributed by atoms with Crippen LogP contribution in [0.5, 0.6) is 0 Å². The van der Waals surface area contributed by atoms with Crippen LogP contribution < -0.4 is 0 Å². The lowest BCUT2D eigenvalue weighted by Crippen LogP contribution is -2.42. The molecule has 3 N–H and O–H groups in total. The van der Waals surface area contributed by atoms with Gasteiger partial charge in [0.15, 0.2) is 0 Å². The van der Waals surface area contributed by atoms with E-state index in [0.717, 1.165) is 0 Å². The van der Waals surface area contributed by atoms with Crippen LogP contribution in [-0.2, 0) is 4.57 Å². The molecule has 0 atom stereocenters. The van der Waals surface area contributed by atoms with Crippen LogP contribution in [0.1, 0.15) is 47.0 Å². The van der Waals surface area contributed by atoms with Gasteiger partial charge in [0.1, 0.15) is 0 Å². The van der Waals surface area contributed by atoms with Gasteiger partial charge < -0.3 is 20.0 Å². The second-order valence-corrected chi connectivity index (χ2v) is 6.98. The molecule has 0 unspecified atom stereocenters. The number of phosphoric acid groups is 1. The van der Waals surface area contributed by atoms with Gasteiger partial charge >= 0.3 is 20.2 Å². The van der Waals surface area contributed by atoms with Crippen molar-refractivity contribution >= 4 is 7.82 Å². The van der Waals surface area contributed by atoms with E-state index in [1.807, 2.05) is 0 Å². The number of rotatable bonds is 4. The minimum Gasteiger partial charge on any atom is -0.651 e. The Labute approximate surface area is 130 Å². The molecule has 0 bridgehead atoms. The number of halogens is 6. The Kier molecular flexibility index (Phi) is 8.83. The lowest BCUT2D eigenvalue weighted by atomic mass is 9.85. The third-order valence-corrected chi connectivity index (χ3v) is 2.29. The molecule has 0 aliphatic heterocycles. The maximum Gasteiger partial charge on any atom is 0.466 e. The molecule has 142 valence electrons. The van der Waals surface area contributed by atoms with Gasteiger partial charge in [0.25, 0.3) is 0 Å². The first-order chi connectivity index (χ1) is 9.68. The van der Waals surface area contributed by atoms with Crippen molar-refractivity contribution in [1.82, 2.24) is 0 Å². The van der Waals surface area contributed by atoms with E-state index in [0.29, 0.717) is 0 Å². The molecule has 0 heterocycles. The molecule has 0 saturated heterocycles. The molecule has 12 heteroatoms. The Bertz CT molecular complexity index is 350. The van der Waals surface area contributed by atoms with Gasteiger partial charge in [0.2, 0.25) is 0 Å². The number of hydrogen-bond acceptors (Lipinski definition) is 1. The Morgan fingerprint density at radius 2 is 1.13 bits per heavy atom. The SMILES string of the molecule is CCC(CC(F)(F)F)(CC(F)(F)F)[N-]C(C)(C)C.O=P(O)(O)O. The lowest BCUT2D eigenvalue weighted by Gasteiger charge is -2.54. The van der Waals surface area contributed by atoms with E-state index in [-0.39, 0.29) is 6.42 Å². The van der Waals surface area contributed by atoms with Crippen molar-refractivity contribution in [2.24, 2.45) is 0 Å². The van der Waals surface area contributed by atoms with Crippen LogP contribution in [0, 0.1) is 0 Å². The lowest BCUT2D eigenvalue weighted by molar-refractivity contribution is -0.174. The van der Waals surface area contributed by atoms with Gasteiger partial charge in [-0.2, -0.15) is 26.3 Å². The van der Waals surface area contributed by atoms with Gasteiger partial charge in [-0.15, -0.1) is 11.1 Å². The monoisotopic (exact) mass is 376 g/mol. The molecule has 0 rings (SSSR count). The standard InChI is InChI=1S/C11H18F6N.H3O4P/c1-5-9(6-10(12,13)14,7-11(15,16)17)18-8(2,3)4;1-5(2,3)4/h5-7H2,1-4H3;(H3,1,2,3,4)/q-1;. The van der Waals surface area contributed by atoms with E-state index >= 15 is 0 Å². The van der Waals surface area contributed by atoms with Crippen LogP contribution in [-0.4, -0.2) is 38.1 Å². The highest BCUT2D eigenvalue weighted by molar-refractivity contribution is 7.45. The maximum absolute atomic E-state index is 12.5. The van der Waals surface area contributed by atoms with E-state index < -0.39 is 44.1 Å². The average molecular weight is 376 g/mol. The number of hydrogen-bond donors (Lipinski definition) is 3. The summed E-state index contributed by atoms with van der Waals surface area (Å²) in [6.07, 6.45) is -12.7. The van der Waals surface area contributed by atoms with Crippen LogP contribution in [0.2, 0.25) is 0 Å². The molecule has 0 aromatic carbocycles. The highest BCUT2D eigenvalue weighted by atomic mass is 31.2. The van der Waals surface area contributed by atoms with Crippen LogP contribution in [0.25, 0.3) is 5.32 Å². The zero-order valence-corrected chi connectivity index (χ0v) is 13.9. The molecule has 0 aromatic rings. The molecule has 23 heavy (non-hydrogen) atoms. The zero-order chi connectivity index (χ0) is 19.3. The number of nitrogens with zero attached hydrogens (tertiary/aromatic N) is 1. The third-order valence-electron chi connectivity index (χ3n) is 2.29. The van der Waals surface area contributed by atoms with E-state index in [1.54, 1.807) is 0 Å². The van der Waals surface area contributed by atoms with Crippen LogP contribution >= 0.6 is 7.82 Å². The van der Waals surface area contributed by atoms with E-state index in [4.69, 9.17) is 19.2 Å². The summed E-state index contributed by atoms with van der Waals surface area (Å²) in [7, 11) is -4.64. The molecule has 0 saturated carbocycles. The molecular weight excluding hydrogens is 355 g/mol. The molecule has 0 aliphatic carbocycles. The van der Waals surface area contributed by atoms with Crippen LogP contribution in [0.3, 0.4) is 0 Å². The van der Waals surface area contributed by atoms with Crippen LogP contribution in [0.15, 0.2) is 0 Å². The fourth-order valence-electron chi connectivity index (χ4n) is 1.93. The second kappa shape index (κ2) is 8.15. The summed E-state index contributed by atoms with van der Waals surface area (Å²) in [6.45, 7) is 5.77. The average Bonchev–Trinajstić information content (AvgIpc) is 2.05. The predicted octanol–water partition coefficient (Wildman–Crippen LogP) is 4.28. The minimum atomic E-state index is -4.67. The quantitative estimate of drug-likeness (QED) is 0.504. The third kappa shape index (κ3) is 19.6. The normalized spacial score (nSPS) is 14.3. The zero-order valence-electron chi connectivity index (χ0n) is 13.0. The molecule has 0 radical (unpaired) electrons. The summed E-state index contributed by atoms with van der Waals surface area (Å²) in [6, 6.07) is 0. The van der Waals surface area contributed by atoms with Crippen molar-refractivity contribution in [1.29, 1.82) is 0 Å². The molecule has 0 spiro atoms. The van der Waals surface area contributed by atoms with E-state index in [1.165, 1.54) is 27.7 Å². The van der Waals surface area contributed by atoms with Crippen molar-refractivity contribution in [2.75, 3.05) is 0 Å².